The van der Waals surface area contributed by atoms with Gasteiger partial charge in [-0.05, 0) is 73.8 Å². The van der Waals surface area contributed by atoms with E-state index in [2.05, 4.69) is 27.1 Å². The number of nitrogens with zero attached hydrogens (tertiary/aromatic N) is 1. The fraction of sp³-hybridized carbons (Fsp3) is 0.333. The first-order valence-electron chi connectivity index (χ1n) is 10.5. The summed E-state index contributed by atoms with van der Waals surface area (Å²) in [5.41, 5.74) is 3.54. The first-order chi connectivity index (χ1) is 14.7. The summed E-state index contributed by atoms with van der Waals surface area (Å²) in [6.07, 6.45) is 5.68. The second-order valence-corrected chi connectivity index (χ2v) is 8.61. The zero-order chi connectivity index (χ0) is 20.5. The van der Waals surface area contributed by atoms with Gasteiger partial charge in [-0.1, -0.05) is 17.7 Å². The van der Waals surface area contributed by atoms with Crippen LogP contribution in [0.1, 0.15) is 24.3 Å². The van der Waals surface area contributed by atoms with Gasteiger partial charge in [0.25, 0.3) is 0 Å². The van der Waals surface area contributed by atoms with Crippen LogP contribution in [0.2, 0.25) is 5.02 Å². The lowest BCUT2D eigenvalue weighted by Gasteiger charge is -2.33. The third-order valence-corrected chi connectivity index (χ3v) is 6.39. The molecule has 1 atom stereocenters. The summed E-state index contributed by atoms with van der Waals surface area (Å²) in [7, 11) is 0. The highest BCUT2D eigenvalue weighted by molar-refractivity contribution is 6.31. The Bertz CT molecular complexity index is 1140. The molecule has 4 aromatic rings. The van der Waals surface area contributed by atoms with Crippen LogP contribution in [0.25, 0.3) is 21.8 Å². The molecule has 5 nitrogen and oxygen atoms in total. The zero-order valence-corrected chi connectivity index (χ0v) is 17.5. The van der Waals surface area contributed by atoms with Crippen molar-refractivity contribution in [1.29, 1.82) is 0 Å². The number of hydrogen-bond acceptors (Lipinski definition) is 3. The van der Waals surface area contributed by atoms with Crippen LogP contribution in [-0.4, -0.2) is 52.3 Å². The summed E-state index contributed by atoms with van der Waals surface area (Å²) in [5.74, 6) is 1.33. The summed E-state index contributed by atoms with van der Waals surface area (Å²) in [6, 6.07) is 13.9. The van der Waals surface area contributed by atoms with Crippen molar-refractivity contribution >= 4 is 33.4 Å². The molecule has 1 aliphatic rings. The topological polar surface area (TPSA) is 64.3 Å². The average Bonchev–Trinajstić information content (AvgIpc) is 3.40. The van der Waals surface area contributed by atoms with Crippen LogP contribution in [0.3, 0.4) is 0 Å². The molecule has 6 heteroatoms. The van der Waals surface area contributed by atoms with E-state index in [0.29, 0.717) is 19.1 Å². The Hall–Kier alpha value is -2.47. The molecular formula is C24H26ClN3O2. The van der Waals surface area contributed by atoms with Crippen molar-refractivity contribution in [3.8, 4) is 5.75 Å². The van der Waals surface area contributed by atoms with Crippen molar-refractivity contribution in [3.63, 3.8) is 0 Å². The second kappa shape index (κ2) is 8.34. The normalized spacial score (nSPS) is 17.0. The van der Waals surface area contributed by atoms with Gasteiger partial charge in [-0.25, -0.2) is 0 Å². The Balaban J connectivity index is 1.15. The third kappa shape index (κ3) is 3.93. The fourth-order valence-corrected chi connectivity index (χ4v) is 4.77. The van der Waals surface area contributed by atoms with Crippen LogP contribution in [0.15, 0.2) is 54.9 Å². The minimum absolute atomic E-state index is 0.297. The molecule has 156 valence electrons. The minimum Gasteiger partial charge on any atom is -0.490 e. The Labute approximate surface area is 180 Å². The maximum absolute atomic E-state index is 10.5. The van der Waals surface area contributed by atoms with Crippen molar-refractivity contribution in [2.75, 3.05) is 26.2 Å². The molecule has 2 aromatic heterocycles. The van der Waals surface area contributed by atoms with Gasteiger partial charge in [0.2, 0.25) is 0 Å². The predicted molar refractivity (Wildman–Crippen MR) is 122 cm³/mol. The quantitative estimate of drug-likeness (QED) is 0.412. The number of aliphatic hydroxyl groups excluding tert-OH is 1. The number of aliphatic hydroxyl groups is 1. The Morgan fingerprint density at radius 1 is 1.07 bits per heavy atom. The van der Waals surface area contributed by atoms with Gasteiger partial charge in [0.05, 0.1) is 0 Å². The first kappa shape index (κ1) is 19.5. The molecule has 1 saturated heterocycles. The molecule has 0 amide bonds. The highest BCUT2D eigenvalue weighted by Crippen LogP contribution is 2.34. The van der Waals surface area contributed by atoms with Gasteiger partial charge in [-0.3, -0.25) is 0 Å². The zero-order valence-electron chi connectivity index (χ0n) is 16.8. The summed E-state index contributed by atoms with van der Waals surface area (Å²) >= 11 is 6.20. The van der Waals surface area contributed by atoms with Crippen molar-refractivity contribution in [2.45, 2.75) is 24.9 Å². The molecule has 1 fully saturated rings. The van der Waals surface area contributed by atoms with E-state index in [-0.39, 0.29) is 0 Å². The Kier molecular flexibility index (Phi) is 5.42. The van der Waals surface area contributed by atoms with E-state index in [1.54, 1.807) is 0 Å². The number of halogens is 1. The molecule has 0 saturated carbocycles. The molecule has 0 spiro atoms. The maximum atomic E-state index is 10.5. The molecule has 2 aromatic carbocycles. The largest absolute Gasteiger partial charge is 0.490 e. The molecular weight excluding hydrogens is 398 g/mol. The van der Waals surface area contributed by atoms with Crippen molar-refractivity contribution < 1.29 is 9.84 Å². The number of aromatic nitrogens is 2. The van der Waals surface area contributed by atoms with Gasteiger partial charge in [0.1, 0.15) is 18.5 Å². The number of nitrogens with one attached hydrogen (secondary N) is 2. The number of ether oxygens (including phenoxy) is 1. The smallest absolute Gasteiger partial charge is 0.128 e. The molecule has 3 heterocycles. The van der Waals surface area contributed by atoms with Crippen LogP contribution in [0, 0.1) is 0 Å². The minimum atomic E-state index is -0.511. The number of hydrogen-bond donors (Lipinski definition) is 3. The number of β-amino-alcohol motifs (C(OH)–C–C–N with tert-alkyl or cyclic N) is 1. The van der Waals surface area contributed by atoms with E-state index in [1.807, 2.05) is 42.6 Å². The highest BCUT2D eigenvalue weighted by Gasteiger charge is 2.24. The van der Waals surface area contributed by atoms with Crippen LogP contribution in [-0.2, 0) is 0 Å². The molecule has 5 rings (SSSR count). The van der Waals surface area contributed by atoms with Crippen LogP contribution in [0.4, 0.5) is 0 Å². The van der Waals surface area contributed by atoms with E-state index in [0.717, 1.165) is 53.1 Å². The summed E-state index contributed by atoms with van der Waals surface area (Å²) < 4.78 is 5.91. The van der Waals surface area contributed by atoms with Crippen LogP contribution >= 0.6 is 11.6 Å². The number of fused-ring (bicyclic) bond motifs is 2. The second-order valence-electron chi connectivity index (χ2n) is 8.17. The standard InChI is InChI=1S/C24H26ClN3O2/c25-17-4-5-23-20(12-17)21(13-27-23)16-7-10-28(11-8-16)14-18(29)15-30-24-3-1-2-22-19(24)6-9-26-22/h1-6,9,12-13,16,18,26-27,29H,7-8,10-11,14-15H2. The Morgan fingerprint density at radius 3 is 2.77 bits per heavy atom. The van der Waals surface area contributed by atoms with Crippen molar-refractivity contribution in [3.05, 3.63) is 65.4 Å². The lowest BCUT2D eigenvalue weighted by molar-refractivity contribution is 0.0599. The highest BCUT2D eigenvalue weighted by atomic mass is 35.5. The van der Waals surface area contributed by atoms with Gasteiger partial charge in [-0.15, -0.1) is 0 Å². The van der Waals surface area contributed by atoms with Crippen LogP contribution in [0.5, 0.6) is 5.75 Å². The molecule has 0 bridgehead atoms. The van der Waals surface area contributed by atoms with Gasteiger partial charge >= 0.3 is 0 Å². The number of piperidine rings is 1. The molecule has 30 heavy (non-hydrogen) atoms. The van der Waals surface area contributed by atoms with Gasteiger partial charge in [-0.2, -0.15) is 0 Å². The number of aromatic amines is 2. The molecule has 0 radical (unpaired) electrons. The van der Waals surface area contributed by atoms with E-state index in [4.69, 9.17) is 16.3 Å². The summed E-state index contributed by atoms with van der Waals surface area (Å²) in [6.45, 7) is 2.88. The van der Waals surface area contributed by atoms with E-state index in [1.165, 1.54) is 10.9 Å². The first-order valence-corrected chi connectivity index (χ1v) is 10.9. The number of H-pyrrole nitrogens is 2. The SMILES string of the molecule is OC(COc1cccc2[nH]ccc12)CN1CCC(c2c[nH]c3ccc(Cl)cc23)CC1. The average molecular weight is 424 g/mol. The Morgan fingerprint density at radius 2 is 1.90 bits per heavy atom. The monoisotopic (exact) mass is 423 g/mol. The van der Waals surface area contributed by atoms with Gasteiger partial charge in [0.15, 0.2) is 0 Å². The molecule has 0 aliphatic carbocycles. The van der Waals surface area contributed by atoms with E-state index in [9.17, 15) is 5.11 Å². The van der Waals surface area contributed by atoms with Gasteiger partial charge in [0, 0.05) is 45.8 Å². The number of likely N-dealkylation sites (tertiary alicyclic amines) is 1. The van der Waals surface area contributed by atoms with Crippen molar-refractivity contribution in [2.24, 2.45) is 0 Å². The van der Waals surface area contributed by atoms with E-state index >= 15 is 0 Å². The number of benzene rings is 2. The van der Waals surface area contributed by atoms with E-state index < -0.39 is 6.10 Å². The lowest BCUT2D eigenvalue weighted by Crippen LogP contribution is -2.40. The summed E-state index contributed by atoms with van der Waals surface area (Å²) in [4.78, 5) is 8.89. The maximum Gasteiger partial charge on any atom is 0.128 e. The van der Waals surface area contributed by atoms with Crippen molar-refractivity contribution in [1.82, 2.24) is 14.9 Å². The summed E-state index contributed by atoms with van der Waals surface area (Å²) in [5, 5.41) is 13.6. The molecule has 3 N–H and O–H groups in total. The number of rotatable bonds is 6. The lowest BCUT2D eigenvalue weighted by atomic mass is 9.89. The van der Waals surface area contributed by atoms with Gasteiger partial charge < -0.3 is 24.7 Å². The molecule has 1 aliphatic heterocycles. The fourth-order valence-electron chi connectivity index (χ4n) is 4.60. The predicted octanol–water partition coefficient (Wildman–Crippen LogP) is 4.92. The van der Waals surface area contributed by atoms with Crippen LogP contribution < -0.4 is 4.74 Å². The third-order valence-electron chi connectivity index (χ3n) is 6.16. The molecule has 1 unspecified atom stereocenters.